The second-order valence-electron chi connectivity index (χ2n) is 4.91. The Bertz CT molecular complexity index is 350. The van der Waals surface area contributed by atoms with E-state index < -0.39 is 0 Å². The molecule has 0 saturated heterocycles. The smallest absolute Gasteiger partial charge is 0.164 e. The van der Waals surface area contributed by atoms with Gasteiger partial charge in [-0.3, -0.25) is 4.68 Å². The molecule has 2 unspecified atom stereocenters. The molecule has 0 bridgehead atoms. The Hall–Kier alpha value is -0.700. The van der Waals surface area contributed by atoms with Crippen molar-refractivity contribution >= 4 is 17.4 Å². The van der Waals surface area contributed by atoms with E-state index in [4.69, 9.17) is 17.3 Å². The van der Waals surface area contributed by atoms with Gasteiger partial charge >= 0.3 is 0 Å². The lowest BCUT2D eigenvalue weighted by atomic mass is 10.2. The fourth-order valence-corrected chi connectivity index (χ4v) is 2.68. The summed E-state index contributed by atoms with van der Waals surface area (Å²) >= 11 is 5.84. The van der Waals surface area contributed by atoms with E-state index in [0.717, 1.165) is 24.3 Å². The Labute approximate surface area is 94.6 Å². The molecule has 2 saturated carbocycles. The van der Waals surface area contributed by atoms with E-state index >= 15 is 0 Å². The van der Waals surface area contributed by atoms with Crippen molar-refractivity contribution in [1.82, 2.24) is 9.78 Å². The minimum absolute atomic E-state index is 0.450. The number of anilines is 1. The van der Waals surface area contributed by atoms with Gasteiger partial charge in [0.15, 0.2) is 5.82 Å². The van der Waals surface area contributed by atoms with Crippen molar-refractivity contribution < 1.29 is 0 Å². The molecule has 0 amide bonds. The van der Waals surface area contributed by atoms with E-state index in [-0.39, 0.29) is 0 Å². The maximum atomic E-state index is 5.84. The predicted molar refractivity (Wildman–Crippen MR) is 60.6 cm³/mol. The summed E-state index contributed by atoms with van der Waals surface area (Å²) < 4.78 is 1.87. The maximum absolute atomic E-state index is 5.84. The van der Waals surface area contributed by atoms with Gasteiger partial charge in [-0.2, -0.15) is 5.10 Å². The highest BCUT2D eigenvalue weighted by atomic mass is 35.5. The normalized spacial score (nSPS) is 29.4. The fraction of sp³-hybridized carbons (Fsp3) is 0.727. The molecule has 0 radical (unpaired) electrons. The van der Waals surface area contributed by atoms with Crippen molar-refractivity contribution in [3.05, 3.63) is 11.2 Å². The van der Waals surface area contributed by atoms with E-state index in [0.29, 0.717) is 10.8 Å². The first kappa shape index (κ1) is 9.52. The third-order valence-corrected chi connectivity index (χ3v) is 3.97. The standard InChI is InChI=1S/C11H16ClN3/c12-10-6-15(14-11(10)13)4-3-8-5-9(8)7-1-2-7/h6-9H,1-5H2,(H2,13,14). The van der Waals surface area contributed by atoms with Crippen LogP contribution in [0.25, 0.3) is 0 Å². The highest BCUT2D eigenvalue weighted by molar-refractivity contribution is 6.32. The zero-order valence-corrected chi connectivity index (χ0v) is 9.45. The molecule has 4 heteroatoms. The minimum Gasteiger partial charge on any atom is -0.381 e. The average molecular weight is 226 g/mol. The number of halogens is 1. The van der Waals surface area contributed by atoms with Crippen molar-refractivity contribution in [3.8, 4) is 0 Å². The summed E-state index contributed by atoms with van der Waals surface area (Å²) in [6.07, 6.45) is 7.45. The first-order valence-electron chi connectivity index (χ1n) is 5.72. The summed E-state index contributed by atoms with van der Waals surface area (Å²) in [4.78, 5) is 0. The molecular formula is C11H16ClN3. The molecule has 1 heterocycles. The molecule has 0 aliphatic heterocycles. The lowest BCUT2D eigenvalue weighted by molar-refractivity contribution is 0.510. The Morgan fingerprint density at radius 2 is 2.33 bits per heavy atom. The average Bonchev–Trinajstić information content (AvgIpc) is 3.07. The highest BCUT2D eigenvalue weighted by Gasteiger charge is 2.46. The van der Waals surface area contributed by atoms with Gasteiger partial charge in [0.1, 0.15) is 5.02 Å². The monoisotopic (exact) mass is 225 g/mol. The highest BCUT2D eigenvalue weighted by Crippen LogP contribution is 2.55. The molecule has 1 aromatic rings. The molecule has 82 valence electrons. The molecular weight excluding hydrogens is 210 g/mol. The lowest BCUT2D eigenvalue weighted by Crippen LogP contribution is -2.01. The molecule has 15 heavy (non-hydrogen) atoms. The van der Waals surface area contributed by atoms with Crippen LogP contribution in [0.5, 0.6) is 0 Å². The van der Waals surface area contributed by atoms with Gasteiger partial charge in [0.25, 0.3) is 0 Å². The van der Waals surface area contributed by atoms with Crippen molar-refractivity contribution in [2.45, 2.75) is 32.2 Å². The van der Waals surface area contributed by atoms with Crippen LogP contribution < -0.4 is 5.73 Å². The Morgan fingerprint density at radius 3 is 2.93 bits per heavy atom. The number of aryl methyl sites for hydroxylation is 1. The fourth-order valence-electron chi connectivity index (χ4n) is 2.53. The van der Waals surface area contributed by atoms with Crippen LogP contribution in [0.1, 0.15) is 25.7 Å². The van der Waals surface area contributed by atoms with Crippen LogP contribution in [0.3, 0.4) is 0 Å². The molecule has 2 fully saturated rings. The van der Waals surface area contributed by atoms with Crippen LogP contribution in [0.4, 0.5) is 5.82 Å². The van der Waals surface area contributed by atoms with Crippen molar-refractivity contribution in [3.63, 3.8) is 0 Å². The molecule has 1 aromatic heterocycles. The summed E-state index contributed by atoms with van der Waals surface area (Å²) in [6, 6.07) is 0. The molecule has 2 atom stereocenters. The first-order chi connectivity index (χ1) is 7.24. The molecule has 2 aliphatic carbocycles. The van der Waals surface area contributed by atoms with Gasteiger partial charge < -0.3 is 5.73 Å². The van der Waals surface area contributed by atoms with E-state index in [1.807, 2.05) is 10.9 Å². The number of nitrogens with two attached hydrogens (primary N) is 1. The zero-order valence-electron chi connectivity index (χ0n) is 8.69. The SMILES string of the molecule is Nc1nn(CCC2CC2C2CC2)cc1Cl. The molecule has 3 nitrogen and oxygen atoms in total. The lowest BCUT2D eigenvalue weighted by Gasteiger charge is -2.00. The Kier molecular flexibility index (Phi) is 2.16. The van der Waals surface area contributed by atoms with E-state index in [1.165, 1.54) is 25.7 Å². The minimum atomic E-state index is 0.450. The third-order valence-electron chi connectivity index (χ3n) is 3.68. The quantitative estimate of drug-likeness (QED) is 0.856. The predicted octanol–water partition coefficient (Wildman–Crippen LogP) is 2.55. The summed E-state index contributed by atoms with van der Waals surface area (Å²) in [5.74, 6) is 3.50. The number of hydrogen-bond donors (Lipinski definition) is 1. The van der Waals surface area contributed by atoms with Crippen LogP contribution in [0.2, 0.25) is 5.02 Å². The zero-order chi connectivity index (χ0) is 10.4. The molecule has 2 N–H and O–H groups in total. The van der Waals surface area contributed by atoms with Crippen LogP contribution in [0, 0.1) is 17.8 Å². The first-order valence-corrected chi connectivity index (χ1v) is 6.10. The number of nitrogens with zero attached hydrogens (tertiary/aromatic N) is 2. The second kappa shape index (κ2) is 3.41. The van der Waals surface area contributed by atoms with E-state index in [9.17, 15) is 0 Å². The number of hydrogen-bond acceptors (Lipinski definition) is 2. The van der Waals surface area contributed by atoms with Crippen LogP contribution in [0.15, 0.2) is 6.20 Å². The molecule has 2 aliphatic rings. The van der Waals surface area contributed by atoms with Gasteiger partial charge in [0.05, 0.1) is 0 Å². The topological polar surface area (TPSA) is 43.8 Å². The molecule has 0 aromatic carbocycles. The van der Waals surface area contributed by atoms with Crippen LogP contribution in [-0.2, 0) is 6.54 Å². The Balaban J connectivity index is 1.49. The maximum Gasteiger partial charge on any atom is 0.164 e. The molecule has 3 rings (SSSR count). The van der Waals surface area contributed by atoms with Crippen molar-refractivity contribution in [2.24, 2.45) is 17.8 Å². The summed E-state index contributed by atoms with van der Waals surface area (Å²) in [5.41, 5.74) is 5.58. The van der Waals surface area contributed by atoms with Gasteiger partial charge in [-0.05, 0) is 43.4 Å². The third kappa shape index (κ3) is 1.98. The summed E-state index contributed by atoms with van der Waals surface area (Å²) in [5, 5.41) is 4.73. The molecule has 0 spiro atoms. The van der Waals surface area contributed by atoms with E-state index in [1.54, 1.807) is 0 Å². The van der Waals surface area contributed by atoms with Gasteiger partial charge in [0, 0.05) is 12.7 Å². The van der Waals surface area contributed by atoms with Crippen molar-refractivity contribution in [1.29, 1.82) is 0 Å². The van der Waals surface area contributed by atoms with E-state index in [2.05, 4.69) is 5.10 Å². The number of rotatable bonds is 4. The van der Waals surface area contributed by atoms with Gasteiger partial charge in [0.2, 0.25) is 0 Å². The van der Waals surface area contributed by atoms with Gasteiger partial charge in [-0.15, -0.1) is 0 Å². The summed E-state index contributed by atoms with van der Waals surface area (Å²) in [7, 11) is 0. The largest absolute Gasteiger partial charge is 0.381 e. The van der Waals surface area contributed by atoms with Crippen LogP contribution in [-0.4, -0.2) is 9.78 Å². The van der Waals surface area contributed by atoms with Gasteiger partial charge in [-0.25, -0.2) is 0 Å². The second-order valence-corrected chi connectivity index (χ2v) is 5.32. The van der Waals surface area contributed by atoms with Gasteiger partial charge in [-0.1, -0.05) is 11.6 Å². The van der Waals surface area contributed by atoms with Crippen molar-refractivity contribution in [2.75, 3.05) is 5.73 Å². The number of aromatic nitrogens is 2. The Morgan fingerprint density at radius 1 is 1.53 bits per heavy atom. The van der Waals surface area contributed by atoms with Crippen LogP contribution >= 0.6 is 11.6 Å². The summed E-state index contributed by atoms with van der Waals surface area (Å²) in [6.45, 7) is 0.963. The number of nitrogen functional groups attached to an aromatic ring is 1.